The van der Waals surface area contributed by atoms with Crippen LogP contribution < -0.4 is 9.80 Å². The molecule has 2 aliphatic rings. The van der Waals surface area contributed by atoms with Crippen LogP contribution in [0.25, 0.3) is 65.4 Å². The molecule has 2 aromatic heterocycles. The van der Waals surface area contributed by atoms with Gasteiger partial charge in [-0.05, 0) is 129 Å². The van der Waals surface area contributed by atoms with Crippen LogP contribution in [0.1, 0.15) is 49.9 Å². The van der Waals surface area contributed by atoms with E-state index in [9.17, 15) is 0 Å². The number of para-hydroxylation sites is 2. The Morgan fingerprint density at radius 1 is 0.350 bits per heavy atom. The highest BCUT2D eigenvalue weighted by molar-refractivity contribution is 6.19. The number of hydrogen-bond acceptors (Lipinski definition) is 4. The molecule has 0 aliphatic carbocycles. The molecule has 60 heavy (non-hydrogen) atoms. The fraction of sp³-hybridized carbons (Fsp3) is 0.107. The summed E-state index contributed by atoms with van der Waals surface area (Å²) in [4.78, 5) is 4.88. The normalized spacial score (nSPS) is 15.2. The molecular weight excluding hydrogens is 733 g/mol. The summed E-state index contributed by atoms with van der Waals surface area (Å²) in [6.07, 6.45) is 0. The van der Waals surface area contributed by atoms with Crippen molar-refractivity contribution in [2.45, 2.75) is 38.5 Å². The molecule has 0 N–H and O–H groups in total. The Kier molecular flexibility index (Phi) is 6.55. The third-order valence-corrected chi connectivity index (χ3v) is 13.7. The molecule has 13 rings (SSSR count). The first-order valence-corrected chi connectivity index (χ1v) is 20.9. The molecule has 0 spiro atoms. The van der Waals surface area contributed by atoms with Gasteiger partial charge in [0, 0.05) is 43.7 Å². The van der Waals surface area contributed by atoms with Gasteiger partial charge in [0.15, 0.2) is 0 Å². The van der Waals surface area contributed by atoms with E-state index in [4.69, 9.17) is 8.83 Å². The average molecular weight is 773 g/mol. The molecule has 4 nitrogen and oxygen atoms in total. The van der Waals surface area contributed by atoms with Gasteiger partial charge in [0.2, 0.25) is 0 Å². The maximum absolute atomic E-state index is 6.96. The van der Waals surface area contributed by atoms with E-state index in [1.165, 1.54) is 55.2 Å². The van der Waals surface area contributed by atoms with Gasteiger partial charge in [-0.25, -0.2) is 0 Å². The van der Waals surface area contributed by atoms with E-state index in [0.29, 0.717) is 0 Å². The third-order valence-electron chi connectivity index (χ3n) is 13.7. The molecule has 286 valence electrons. The van der Waals surface area contributed by atoms with Crippen molar-refractivity contribution in [1.82, 2.24) is 0 Å². The number of fused-ring (bicyclic) bond motifs is 14. The Balaban J connectivity index is 1.09. The largest absolute Gasteiger partial charge is 0.456 e. The minimum Gasteiger partial charge on any atom is -0.456 e. The summed E-state index contributed by atoms with van der Waals surface area (Å²) in [5.74, 6) is 0. The minimum atomic E-state index is -0.347. The number of anilines is 6. The van der Waals surface area contributed by atoms with Gasteiger partial charge in [-0.15, -0.1) is 0 Å². The molecule has 0 saturated carbocycles. The van der Waals surface area contributed by atoms with Gasteiger partial charge >= 0.3 is 0 Å². The Bertz CT molecular complexity index is 3370. The van der Waals surface area contributed by atoms with Crippen molar-refractivity contribution < 1.29 is 8.83 Å². The highest BCUT2D eigenvalue weighted by atomic mass is 16.3. The summed E-state index contributed by atoms with van der Waals surface area (Å²) >= 11 is 0. The number of rotatable bonds is 2. The van der Waals surface area contributed by atoms with Crippen molar-refractivity contribution in [2.24, 2.45) is 0 Å². The summed E-state index contributed by atoms with van der Waals surface area (Å²) in [5.41, 5.74) is 14.9. The lowest BCUT2D eigenvalue weighted by Crippen LogP contribution is -2.31. The molecule has 0 radical (unpaired) electrons. The van der Waals surface area contributed by atoms with Crippen LogP contribution in [0.3, 0.4) is 0 Å². The van der Waals surface area contributed by atoms with Crippen molar-refractivity contribution >= 4 is 99.5 Å². The van der Waals surface area contributed by atoms with Gasteiger partial charge in [0.25, 0.3) is 0 Å². The van der Waals surface area contributed by atoms with Gasteiger partial charge in [-0.2, -0.15) is 0 Å². The summed E-state index contributed by atoms with van der Waals surface area (Å²) in [7, 11) is 0. The zero-order valence-corrected chi connectivity index (χ0v) is 33.9. The molecule has 2 aliphatic heterocycles. The molecular formula is C56H40N2O2. The van der Waals surface area contributed by atoms with Gasteiger partial charge in [-0.3, -0.25) is 0 Å². The summed E-state index contributed by atoms with van der Waals surface area (Å²) in [5, 5.41) is 9.33. The minimum absolute atomic E-state index is 0.347. The van der Waals surface area contributed by atoms with E-state index in [2.05, 4.69) is 207 Å². The van der Waals surface area contributed by atoms with Gasteiger partial charge < -0.3 is 18.6 Å². The number of nitrogens with zero attached hydrogens (tertiary/aromatic N) is 2. The van der Waals surface area contributed by atoms with Crippen molar-refractivity contribution in [3.63, 3.8) is 0 Å². The number of hydrogen-bond donors (Lipinski definition) is 0. The van der Waals surface area contributed by atoms with Crippen molar-refractivity contribution in [1.29, 1.82) is 0 Å². The SMILES string of the molecule is CC1(C)c2cc3ccccc3cc2N(c2ccccc2)c2ccc3oc4cc5c(cc4c3c21)oc1ccc2c(c15)C(C)(C)c1cc3ccccc3cc1N2c1ccccc1. The quantitative estimate of drug-likeness (QED) is 0.175. The van der Waals surface area contributed by atoms with Crippen molar-refractivity contribution in [2.75, 3.05) is 9.80 Å². The molecule has 4 heterocycles. The fourth-order valence-corrected chi connectivity index (χ4v) is 10.9. The third kappa shape index (κ3) is 4.40. The number of benzene rings is 9. The monoisotopic (exact) mass is 772 g/mol. The molecule has 0 unspecified atom stereocenters. The summed E-state index contributed by atoms with van der Waals surface area (Å²) in [6, 6.07) is 61.7. The lowest BCUT2D eigenvalue weighted by atomic mass is 9.71. The fourth-order valence-electron chi connectivity index (χ4n) is 10.9. The number of furan rings is 2. The molecule has 9 aromatic carbocycles. The van der Waals surface area contributed by atoms with E-state index in [0.717, 1.165) is 66.6 Å². The second kappa shape index (κ2) is 11.7. The zero-order valence-electron chi connectivity index (χ0n) is 33.9. The van der Waals surface area contributed by atoms with E-state index < -0.39 is 0 Å². The highest BCUT2D eigenvalue weighted by Gasteiger charge is 2.42. The highest BCUT2D eigenvalue weighted by Crippen LogP contribution is 2.58. The maximum Gasteiger partial charge on any atom is 0.136 e. The predicted molar refractivity (Wildman–Crippen MR) is 250 cm³/mol. The van der Waals surface area contributed by atoms with Crippen LogP contribution in [-0.4, -0.2) is 0 Å². The molecule has 0 atom stereocenters. The average Bonchev–Trinajstić information content (AvgIpc) is 3.82. The van der Waals surface area contributed by atoms with Crippen molar-refractivity contribution in [3.05, 3.63) is 192 Å². The van der Waals surface area contributed by atoms with Crippen LogP contribution in [0, 0.1) is 0 Å². The van der Waals surface area contributed by atoms with Crippen LogP contribution in [0.15, 0.2) is 179 Å². The van der Waals surface area contributed by atoms with E-state index in [1.54, 1.807) is 0 Å². The zero-order chi connectivity index (χ0) is 40.1. The first kappa shape index (κ1) is 33.6. The molecule has 11 aromatic rings. The Labute approximate surface area is 347 Å². The molecule has 0 saturated heterocycles. The van der Waals surface area contributed by atoms with Gasteiger partial charge in [0.1, 0.15) is 22.3 Å². The van der Waals surface area contributed by atoms with Gasteiger partial charge in [0.05, 0.1) is 22.7 Å². The second-order valence-corrected chi connectivity index (χ2v) is 17.7. The molecule has 4 heteroatoms. The van der Waals surface area contributed by atoms with Crippen molar-refractivity contribution in [3.8, 4) is 0 Å². The van der Waals surface area contributed by atoms with E-state index in [-0.39, 0.29) is 10.8 Å². The Hall–Kier alpha value is -7.30. The van der Waals surface area contributed by atoms with Crippen LogP contribution in [0.5, 0.6) is 0 Å². The first-order chi connectivity index (χ1) is 29.3. The van der Waals surface area contributed by atoms with Crippen LogP contribution in [0.2, 0.25) is 0 Å². The molecule has 0 fully saturated rings. The second-order valence-electron chi connectivity index (χ2n) is 17.7. The molecule has 0 amide bonds. The standard InChI is InChI=1S/C56H40N2O2/c1-55(2)41-27-33-15-11-13-17-35(33)29-45(41)57(37-19-7-5-8-20-37)43-23-25-47-51(53(43)55)39-31-50-40(32-49(39)59-47)52-48(60-50)26-24-44-54(52)56(3,4)42-28-34-16-12-14-18-36(34)30-46(42)58(44)38-21-9-6-10-22-38/h5-32H,1-4H3. The van der Waals surface area contributed by atoms with E-state index in [1.807, 2.05) is 0 Å². The van der Waals surface area contributed by atoms with Crippen LogP contribution in [-0.2, 0) is 10.8 Å². The Morgan fingerprint density at radius 2 is 0.717 bits per heavy atom. The summed E-state index contributed by atoms with van der Waals surface area (Å²) in [6.45, 7) is 9.47. The summed E-state index contributed by atoms with van der Waals surface area (Å²) < 4.78 is 13.9. The Morgan fingerprint density at radius 3 is 1.12 bits per heavy atom. The molecule has 0 bridgehead atoms. The van der Waals surface area contributed by atoms with E-state index >= 15 is 0 Å². The van der Waals surface area contributed by atoms with Crippen LogP contribution in [0.4, 0.5) is 34.1 Å². The van der Waals surface area contributed by atoms with Crippen LogP contribution >= 0.6 is 0 Å². The lowest BCUT2D eigenvalue weighted by molar-refractivity contribution is 0.635. The smallest absolute Gasteiger partial charge is 0.136 e. The first-order valence-electron chi connectivity index (χ1n) is 20.9. The topological polar surface area (TPSA) is 32.8 Å². The maximum atomic E-state index is 6.96. The lowest BCUT2D eigenvalue weighted by Gasteiger charge is -2.42. The predicted octanol–water partition coefficient (Wildman–Crippen LogP) is 16.0. The van der Waals surface area contributed by atoms with Gasteiger partial charge in [-0.1, -0.05) is 113 Å².